The molecule has 2 N–H and O–H groups in total. The van der Waals surface area contributed by atoms with E-state index in [0.29, 0.717) is 11.5 Å². The van der Waals surface area contributed by atoms with Crippen LogP contribution in [-0.2, 0) is 16.0 Å². The highest BCUT2D eigenvalue weighted by Gasteiger charge is 2.48. The summed E-state index contributed by atoms with van der Waals surface area (Å²) in [6.45, 7) is 1.44. The van der Waals surface area contributed by atoms with Gasteiger partial charge < -0.3 is 14.8 Å². The molecule has 1 unspecified atom stereocenters. The van der Waals surface area contributed by atoms with Crippen LogP contribution in [0.3, 0.4) is 0 Å². The van der Waals surface area contributed by atoms with E-state index >= 15 is 0 Å². The molecule has 1 fully saturated rings. The van der Waals surface area contributed by atoms with Crippen LogP contribution < -0.4 is 15.5 Å². The van der Waals surface area contributed by atoms with Crippen LogP contribution >= 0.6 is 0 Å². The number of nitrogens with one attached hydrogen (secondary N) is 2. The minimum absolute atomic E-state index is 0.297. The fourth-order valence-corrected chi connectivity index (χ4v) is 3.43. The van der Waals surface area contributed by atoms with E-state index in [1.807, 2.05) is 24.3 Å². The Kier molecular flexibility index (Phi) is 4.51. The first-order valence-corrected chi connectivity index (χ1v) is 9.10. The maximum atomic E-state index is 12.8. The van der Waals surface area contributed by atoms with Crippen LogP contribution in [0.15, 0.2) is 41.8 Å². The minimum atomic E-state index is -4.67. The third-order valence-corrected chi connectivity index (χ3v) is 5.30. The summed E-state index contributed by atoms with van der Waals surface area (Å²) in [6.07, 6.45) is 1.08. The van der Waals surface area contributed by atoms with Crippen molar-refractivity contribution in [1.29, 1.82) is 0 Å². The van der Waals surface area contributed by atoms with Gasteiger partial charge in [-0.15, -0.1) is 5.10 Å². The van der Waals surface area contributed by atoms with E-state index in [-0.39, 0.29) is 5.54 Å². The van der Waals surface area contributed by atoms with Crippen molar-refractivity contribution in [3.8, 4) is 5.75 Å². The van der Waals surface area contributed by atoms with Crippen LogP contribution in [-0.4, -0.2) is 29.2 Å². The fourth-order valence-electron chi connectivity index (χ4n) is 3.43. The van der Waals surface area contributed by atoms with Gasteiger partial charge >= 0.3 is 12.1 Å². The smallest absolute Gasteiger partial charge is 0.470 e. The molecule has 2 aromatic rings. The van der Waals surface area contributed by atoms with Gasteiger partial charge in [-0.3, -0.25) is 5.43 Å². The number of aromatic nitrogens is 2. The van der Waals surface area contributed by atoms with Crippen molar-refractivity contribution in [2.45, 2.75) is 43.6 Å². The van der Waals surface area contributed by atoms with Crippen LogP contribution in [0.25, 0.3) is 0 Å². The number of anilines is 1. The van der Waals surface area contributed by atoms with Gasteiger partial charge in [-0.2, -0.15) is 13.2 Å². The molecule has 154 valence electrons. The first-order valence-electron chi connectivity index (χ1n) is 9.10. The van der Waals surface area contributed by atoms with E-state index in [1.54, 1.807) is 7.11 Å². The van der Waals surface area contributed by atoms with E-state index in [4.69, 9.17) is 9.47 Å². The second-order valence-electron chi connectivity index (χ2n) is 7.25. The third kappa shape index (κ3) is 3.54. The summed E-state index contributed by atoms with van der Waals surface area (Å²) in [5, 5.41) is 6.61. The Morgan fingerprint density at radius 2 is 1.90 bits per heavy atom. The topological polar surface area (TPSA) is 80.7 Å². The predicted molar refractivity (Wildman–Crippen MR) is 99.2 cm³/mol. The molecule has 0 saturated heterocycles. The second kappa shape index (κ2) is 6.78. The highest BCUT2D eigenvalue weighted by atomic mass is 19.4. The minimum Gasteiger partial charge on any atom is -0.497 e. The lowest BCUT2D eigenvalue weighted by atomic mass is 9.72. The number of hydrazone groups is 1. The second-order valence-corrected chi connectivity index (χ2v) is 7.25. The standard InChI is InChI=1S/C19H20F3N5O2/c1-17(27-26-15(29-17)19(20,21)22)13-10-23-16(24-11-13)25-18(7-4-8-18)12-5-3-6-14(9-12)28-2/h3,5-6,9-11,27H,4,7-8H2,1-2H3,(H,23,24,25). The first kappa shape index (κ1) is 19.3. The quantitative estimate of drug-likeness (QED) is 0.788. The van der Waals surface area contributed by atoms with Gasteiger partial charge in [0, 0.05) is 19.3 Å². The summed E-state index contributed by atoms with van der Waals surface area (Å²) in [5.74, 6) is -0.173. The molecular weight excluding hydrogens is 387 g/mol. The summed E-state index contributed by atoms with van der Waals surface area (Å²) in [4.78, 5) is 8.57. The Morgan fingerprint density at radius 3 is 2.45 bits per heavy atom. The zero-order valence-corrected chi connectivity index (χ0v) is 15.9. The van der Waals surface area contributed by atoms with Gasteiger partial charge in [0.1, 0.15) is 5.75 Å². The van der Waals surface area contributed by atoms with E-state index in [2.05, 4.69) is 25.8 Å². The molecule has 1 atom stereocenters. The molecule has 10 heteroatoms. The van der Waals surface area contributed by atoms with Crippen molar-refractivity contribution in [2.24, 2.45) is 5.10 Å². The monoisotopic (exact) mass is 407 g/mol. The molecule has 2 aliphatic rings. The summed E-state index contributed by atoms with van der Waals surface area (Å²) in [6, 6.07) is 7.82. The summed E-state index contributed by atoms with van der Waals surface area (Å²) >= 11 is 0. The normalized spacial score (nSPS) is 22.7. The Hall–Kier alpha value is -3.04. The fraction of sp³-hybridized carbons (Fsp3) is 0.421. The van der Waals surface area contributed by atoms with Gasteiger partial charge in [0.2, 0.25) is 11.7 Å². The van der Waals surface area contributed by atoms with E-state index in [1.165, 1.54) is 19.3 Å². The van der Waals surface area contributed by atoms with Crippen LogP contribution in [0, 0.1) is 0 Å². The predicted octanol–water partition coefficient (Wildman–Crippen LogP) is 3.64. The SMILES string of the molecule is COc1cccc(C2(Nc3ncc(C4(C)NN=C(C(F)(F)F)O4)cn3)CCC2)c1. The molecule has 0 radical (unpaired) electrons. The molecule has 0 bridgehead atoms. The lowest BCUT2D eigenvalue weighted by Gasteiger charge is -2.43. The van der Waals surface area contributed by atoms with E-state index in [0.717, 1.165) is 30.6 Å². The maximum Gasteiger partial charge on any atom is 0.470 e. The van der Waals surface area contributed by atoms with Crippen LogP contribution in [0.5, 0.6) is 5.75 Å². The average Bonchev–Trinajstić information content (AvgIpc) is 3.09. The van der Waals surface area contributed by atoms with Crippen LogP contribution in [0.4, 0.5) is 19.1 Å². The number of alkyl halides is 3. The zero-order chi connectivity index (χ0) is 20.7. The molecule has 1 aliphatic heterocycles. The largest absolute Gasteiger partial charge is 0.497 e. The highest BCUT2D eigenvalue weighted by molar-refractivity contribution is 5.83. The van der Waals surface area contributed by atoms with E-state index in [9.17, 15) is 13.2 Å². The summed E-state index contributed by atoms with van der Waals surface area (Å²) in [7, 11) is 1.62. The van der Waals surface area contributed by atoms with Crippen molar-refractivity contribution < 1.29 is 22.6 Å². The average molecular weight is 407 g/mol. The van der Waals surface area contributed by atoms with Gasteiger partial charge in [-0.05, 0) is 37.0 Å². The number of halogens is 3. The zero-order valence-electron chi connectivity index (χ0n) is 15.9. The van der Waals surface area contributed by atoms with Crippen molar-refractivity contribution in [3.05, 3.63) is 47.8 Å². The highest BCUT2D eigenvalue weighted by Crippen LogP contribution is 2.44. The molecule has 0 amide bonds. The van der Waals surface area contributed by atoms with Crippen molar-refractivity contribution in [3.63, 3.8) is 0 Å². The van der Waals surface area contributed by atoms with Crippen molar-refractivity contribution >= 4 is 11.8 Å². The molecule has 4 rings (SSSR count). The molecule has 0 spiro atoms. The first-order chi connectivity index (χ1) is 13.7. The molecule has 2 heterocycles. The van der Waals surface area contributed by atoms with Crippen molar-refractivity contribution in [1.82, 2.24) is 15.4 Å². The number of rotatable bonds is 5. The summed E-state index contributed by atoms with van der Waals surface area (Å²) < 4.78 is 48.6. The Morgan fingerprint density at radius 1 is 1.17 bits per heavy atom. The van der Waals surface area contributed by atoms with Gasteiger partial charge in [-0.1, -0.05) is 12.1 Å². The third-order valence-electron chi connectivity index (χ3n) is 5.30. The number of ether oxygens (including phenoxy) is 2. The Balaban J connectivity index is 1.51. The number of hydrogen-bond acceptors (Lipinski definition) is 7. The molecule has 7 nitrogen and oxygen atoms in total. The van der Waals surface area contributed by atoms with Gasteiger partial charge in [0.25, 0.3) is 0 Å². The Labute approximate surface area is 165 Å². The van der Waals surface area contributed by atoms with E-state index < -0.39 is 17.8 Å². The molecule has 1 aromatic heterocycles. The molecule has 1 aliphatic carbocycles. The number of benzene rings is 1. The molecule has 1 aromatic carbocycles. The summed E-state index contributed by atoms with van der Waals surface area (Å²) in [5.41, 5.74) is 1.99. The number of nitrogens with zero attached hydrogens (tertiary/aromatic N) is 3. The lowest BCUT2D eigenvalue weighted by molar-refractivity contribution is -0.0888. The van der Waals surface area contributed by atoms with Gasteiger partial charge in [0.15, 0.2) is 0 Å². The van der Waals surface area contributed by atoms with Gasteiger partial charge in [-0.25, -0.2) is 9.97 Å². The lowest BCUT2D eigenvalue weighted by Crippen LogP contribution is -2.42. The number of hydrogen-bond donors (Lipinski definition) is 2. The maximum absolute atomic E-state index is 12.8. The molecule has 1 saturated carbocycles. The molecular formula is C19H20F3N5O2. The van der Waals surface area contributed by atoms with Crippen molar-refractivity contribution in [2.75, 3.05) is 12.4 Å². The van der Waals surface area contributed by atoms with Crippen LogP contribution in [0.1, 0.15) is 37.3 Å². The van der Waals surface area contributed by atoms with Crippen LogP contribution in [0.2, 0.25) is 0 Å². The number of methoxy groups -OCH3 is 1. The Bertz CT molecular complexity index is 928. The van der Waals surface area contributed by atoms with Gasteiger partial charge in [0.05, 0.1) is 18.2 Å². The molecule has 29 heavy (non-hydrogen) atoms.